The Morgan fingerprint density at radius 1 is 1.00 bits per heavy atom. The van der Waals surface area contributed by atoms with Crippen molar-refractivity contribution >= 4 is 11.8 Å². The molecular formula is C19H24N4O2. The molecule has 0 aliphatic carbocycles. The number of hydrogen-bond acceptors (Lipinski definition) is 3. The van der Waals surface area contributed by atoms with Gasteiger partial charge in [-0.2, -0.15) is 5.10 Å². The summed E-state index contributed by atoms with van der Waals surface area (Å²) in [6.45, 7) is 6.19. The number of carbonyl (C=O) groups excluding carboxylic acids is 2. The van der Waals surface area contributed by atoms with Crippen LogP contribution >= 0.6 is 0 Å². The van der Waals surface area contributed by atoms with E-state index < -0.39 is 0 Å². The largest absolute Gasteiger partial charge is 0.335 e. The summed E-state index contributed by atoms with van der Waals surface area (Å²) in [5.74, 6) is 0.0253. The molecule has 0 N–H and O–H groups in total. The molecule has 2 heterocycles. The second-order valence-electron chi connectivity index (χ2n) is 6.40. The van der Waals surface area contributed by atoms with Crippen molar-refractivity contribution in [2.24, 2.45) is 7.05 Å². The van der Waals surface area contributed by atoms with Gasteiger partial charge in [0.15, 0.2) is 0 Å². The number of rotatable bonds is 3. The number of amides is 2. The highest BCUT2D eigenvalue weighted by Gasteiger charge is 2.27. The fraction of sp³-hybridized carbons (Fsp3) is 0.421. The second-order valence-corrected chi connectivity index (χ2v) is 6.40. The highest BCUT2D eigenvalue weighted by Crippen LogP contribution is 2.14. The lowest BCUT2D eigenvalue weighted by Gasteiger charge is -2.34. The van der Waals surface area contributed by atoms with Crippen LogP contribution in [0, 0.1) is 6.92 Å². The molecule has 6 heteroatoms. The first-order chi connectivity index (χ1) is 12.0. The van der Waals surface area contributed by atoms with Crippen LogP contribution in [0.2, 0.25) is 0 Å². The van der Waals surface area contributed by atoms with Gasteiger partial charge < -0.3 is 9.80 Å². The Bertz CT molecular complexity index is 771. The lowest BCUT2D eigenvalue weighted by Crippen LogP contribution is -2.50. The Labute approximate surface area is 148 Å². The number of piperazine rings is 1. The second kappa shape index (κ2) is 7.09. The van der Waals surface area contributed by atoms with Gasteiger partial charge in [-0.15, -0.1) is 0 Å². The van der Waals surface area contributed by atoms with Crippen molar-refractivity contribution in [2.75, 3.05) is 26.2 Å². The zero-order valence-electron chi connectivity index (χ0n) is 15.0. The first kappa shape index (κ1) is 17.2. The molecule has 6 nitrogen and oxygen atoms in total. The van der Waals surface area contributed by atoms with Crippen LogP contribution < -0.4 is 0 Å². The topological polar surface area (TPSA) is 58.4 Å². The van der Waals surface area contributed by atoms with E-state index >= 15 is 0 Å². The van der Waals surface area contributed by atoms with Crippen LogP contribution in [0.15, 0.2) is 30.5 Å². The van der Waals surface area contributed by atoms with Gasteiger partial charge in [0.25, 0.3) is 11.8 Å². The van der Waals surface area contributed by atoms with E-state index in [1.54, 1.807) is 15.8 Å². The van der Waals surface area contributed by atoms with Gasteiger partial charge in [-0.25, -0.2) is 0 Å². The van der Waals surface area contributed by atoms with Gasteiger partial charge >= 0.3 is 0 Å². The van der Waals surface area contributed by atoms with Gasteiger partial charge in [-0.1, -0.05) is 19.1 Å². The highest BCUT2D eigenvalue weighted by molar-refractivity contribution is 5.96. The predicted octanol–water partition coefficient (Wildman–Crippen LogP) is 1.89. The summed E-state index contributed by atoms with van der Waals surface area (Å²) >= 11 is 0. The van der Waals surface area contributed by atoms with Crippen LogP contribution in [0.4, 0.5) is 0 Å². The summed E-state index contributed by atoms with van der Waals surface area (Å²) in [6, 6.07) is 7.77. The average molecular weight is 340 g/mol. The first-order valence-electron chi connectivity index (χ1n) is 8.67. The Kier molecular flexibility index (Phi) is 4.88. The maximum atomic E-state index is 12.6. The molecule has 2 aromatic rings. The molecule has 0 unspecified atom stereocenters. The standard InChI is InChI=1S/C19H24N4O2/c1-4-15-5-7-16(8-6-15)18(24)22-9-11-23(12-10-22)19(25)17-13-20-21(3)14(17)2/h5-8,13H,4,9-12H2,1-3H3. The summed E-state index contributed by atoms with van der Waals surface area (Å²) < 4.78 is 1.70. The molecule has 0 radical (unpaired) electrons. The Morgan fingerprint density at radius 3 is 2.04 bits per heavy atom. The molecule has 1 aliphatic rings. The summed E-state index contributed by atoms with van der Waals surface area (Å²) in [5.41, 5.74) is 3.43. The van der Waals surface area contributed by atoms with Crippen LogP contribution in [0.5, 0.6) is 0 Å². The van der Waals surface area contributed by atoms with Crippen molar-refractivity contribution in [2.45, 2.75) is 20.3 Å². The smallest absolute Gasteiger partial charge is 0.257 e. The van der Waals surface area contributed by atoms with E-state index in [9.17, 15) is 9.59 Å². The minimum Gasteiger partial charge on any atom is -0.335 e. The van der Waals surface area contributed by atoms with Gasteiger partial charge in [0.2, 0.25) is 0 Å². The molecule has 1 fully saturated rings. The van der Waals surface area contributed by atoms with E-state index in [-0.39, 0.29) is 11.8 Å². The number of carbonyl (C=O) groups is 2. The molecule has 0 atom stereocenters. The highest BCUT2D eigenvalue weighted by atomic mass is 16.2. The number of aryl methyl sites for hydroxylation is 2. The van der Waals surface area contributed by atoms with Crippen LogP contribution in [0.25, 0.3) is 0 Å². The number of benzene rings is 1. The van der Waals surface area contributed by atoms with E-state index in [2.05, 4.69) is 12.0 Å². The molecule has 1 aliphatic heterocycles. The predicted molar refractivity (Wildman–Crippen MR) is 95.6 cm³/mol. The van der Waals surface area contributed by atoms with Gasteiger partial charge in [0, 0.05) is 44.5 Å². The van der Waals surface area contributed by atoms with Gasteiger partial charge in [-0.3, -0.25) is 14.3 Å². The lowest BCUT2D eigenvalue weighted by molar-refractivity contribution is 0.0535. The van der Waals surface area contributed by atoms with Gasteiger partial charge in [0.1, 0.15) is 0 Å². The summed E-state index contributed by atoms with van der Waals surface area (Å²) in [7, 11) is 1.83. The molecule has 0 bridgehead atoms. The van der Waals surface area contributed by atoms with E-state index in [0.29, 0.717) is 37.3 Å². The monoisotopic (exact) mass is 340 g/mol. The maximum absolute atomic E-state index is 12.6. The number of nitrogens with zero attached hydrogens (tertiary/aromatic N) is 4. The number of hydrogen-bond donors (Lipinski definition) is 0. The fourth-order valence-corrected chi connectivity index (χ4v) is 3.06. The molecule has 0 spiro atoms. The third kappa shape index (κ3) is 3.43. The SMILES string of the molecule is CCc1ccc(C(=O)N2CCN(C(=O)c3cnn(C)c3C)CC2)cc1. The molecule has 2 amide bonds. The van der Waals surface area contributed by atoms with E-state index in [1.807, 2.05) is 43.1 Å². The third-order valence-electron chi connectivity index (χ3n) is 4.93. The quantitative estimate of drug-likeness (QED) is 0.857. The van der Waals surface area contributed by atoms with Crippen molar-refractivity contribution in [3.8, 4) is 0 Å². The summed E-state index contributed by atoms with van der Waals surface area (Å²) in [6.07, 6.45) is 2.58. The van der Waals surface area contributed by atoms with Crippen molar-refractivity contribution < 1.29 is 9.59 Å². The Balaban J connectivity index is 1.62. The minimum absolute atomic E-state index is 0.00926. The van der Waals surface area contributed by atoms with Crippen LogP contribution in [0.3, 0.4) is 0 Å². The zero-order valence-corrected chi connectivity index (χ0v) is 15.0. The van der Waals surface area contributed by atoms with Crippen molar-refractivity contribution in [3.63, 3.8) is 0 Å². The molecule has 1 saturated heterocycles. The number of aromatic nitrogens is 2. The summed E-state index contributed by atoms with van der Waals surface area (Å²) in [4.78, 5) is 28.9. The minimum atomic E-state index is -0.00926. The molecule has 0 saturated carbocycles. The van der Waals surface area contributed by atoms with Crippen LogP contribution in [0.1, 0.15) is 38.9 Å². The van der Waals surface area contributed by atoms with Crippen molar-refractivity contribution in [3.05, 3.63) is 52.8 Å². The Hall–Kier alpha value is -2.63. The van der Waals surface area contributed by atoms with E-state index in [4.69, 9.17) is 0 Å². The molecule has 1 aromatic heterocycles. The summed E-state index contributed by atoms with van der Waals surface area (Å²) in [5, 5.41) is 4.13. The average Bonchev–Trinajstić information content (AvgIpc) is 2.99. The molecule has 132 valence electrons. The van der Waals surface area contributed by atoms with Crippen molar-refractivity contribution in [1.29, 1.82) is 0 Å². The van der Waals surface area contributed by atoms with E-state index in [0.717, 1.165) is 12.1 Å². The third-order valence-corrected chi connectivity index (χ3v) is 4.93. The molecule has 25 heavy (non-hydrogen) atoms. The van der Waals surface area contributed by atoms with Crippen LogP contribution in [-0.4, -0.2) is 57.6 Å². The molecule has 3 rings (SSSR count). The normalized spacial score (nSPS) is 14.7. The first-order valence-corrected chi connectivity index (χ1v) is 8.67. The fourth-order valence-electron chi connectivity index (χ4n) is 3.06. The van der Waals surface area contributed by atoms with E-state index in [1.165, 1.54) is 5.56 Å². The van der Waals surface area contributed by atoms with Gasteiger partial charge in [0.05, 0.1) is 11.8 Å². The molecule has 1 aromatic carbocycles. The Morgan fingerprint density at radius 2 is 1.56 bits per heavy atom. The van der Waals surface area contributed by atoms with Crippen LogP contribution in [-0.2, 0) is 13.5 Å². The maximum Gasteiger partial charge on any atom is 0.257 e. The lowest BCUT2D eigenvalue weighted by atomic mass is 10.1. The van der Waals surface area contributed by atoms with Crippen molar-refractivity contribution in [1.82, 2.24) is 19.6 Å². The zero-order chi connectivity index (χ0) is 18.0. The van der Waals surface area contributed by atoms with Gasteiger partial charge in [-0.05, 0) is 31.0 Å². The molecular weight excluding hydrogens is 316 g/mol.